The zero-order chi connectivity index (χ0) is 19.3. The summed E-state index contributed by atoms with van der Waals surface area (Å²) >= 11 is 6.48. The van der Waals surface area contributed by atoms with Crippen molar-refractivity contribution in [2.45, 2.75) is 29.8 Å². The van der Waals surface area contributed by atoms with Gasteiger partial charge in [0.1, 0.15) is 0 Å². The van der Waals surface area contributed by atoms with E-state index in [9.17, 15) is 25.3 Å². The number of sulfone groups is 2. The third kappa shape index (κ3) is 4.19. The summed E-state index contributed by atoms with van der Waals surface area (Å²) in [5.41, 5.74) is 0. The van der Waals surface area contributed by atoms with E-state index in [0.717, 1.165) is 4.31 Å². The van der Waals surface area contributed by atoms with Gasteiger partial charge in [0.15, 0.2) is 19.7 Å². The Balaban J connectivity index is 2.09. The summed E-state index contributed by atoms with van der Waals surface area (Å²) in [4.78, 5) is -0.0135. The maximum Gasteiger partial charge on any atom is 0.244 e. The Morgan fingerprint density at radius 3 is 1.85 bits per heavy atom. The molecule has 0 N–H and O–H groups in total. The Morgan fingerprint density at radius 2 is 1.42 bits per heavy atom. The first-order chi connectivity index (χ1) is 11.9. The van der Waals surface area contributed by atoms with Gasteiger partial charge in [0, 0.05) is 21.0 Å². The largest absolute Gasteiger partial charge is 0.244 e. The van der Waals surface area contributed by atoms with E-state index < -0.39 is 41.8 Å². The van der Waals surface area contributed by atoms with Crippen LogP contribution >= 0.6 is 31.9 Å². The van der Waals surface area contributed by atoms with Gasteiger partial charge >= 0.3 is 0 Å². The number of sulfonamides is 1. The average Bonchev–Trinajstić information content (AvgIpc) is 3.03. The van der Waals surface area contributed by atoms with Gasteiger partial charge in [0.25, 0.3) is 0 Å². The van der Waals surface area contributed by atoms with Gasteiger partial charge < -0.3 is 0 Å². The summed E-state index contributed by atoms with van der Waals surface area (Å²) in [6, 6.07) is 3.17. The lowest BCUT2D eigenvalue weighted by Crippen LogP contribution is -2.48. The summed E-state index contributed by atoms with van der Waals surface area (Å²) < 4.78 is 76.5. The van der Waals surface area contributed by atoms with Crippen molar-refractivity contribution >= 4 is 61.6 Å². The molecule has 0 bridgehead atoms. The van der Waals surface area contributed by atoms with E-state index in [-0.39, 0.29) is 40.7 Å². The lowest BCUT2D eigenvalue weighted by molar-refractivity contribution is 0.280. The van der Waals surface area contributed by atoms with Crippen molar-refractivity contribution in [2.75, 3.05) is 23.0 Å². The van der Waals surface area contributed by atoms with Crippen molar-refractivity contribution in [3.8, 4) is 0 Å². The molecule has 0 spiro atoms. The minimum atomic E-state index is -4.09. The predicted molar refractivity (Wildman–Crippen MR) is 105 cm³/mol. The van der Waals surface area contributed by atoms with Crippen LogP contribution in [0.4, 0.5) is 0 Å². The van der Waals surface area contributed by atoms with Gasteiger partial charge in [-0.3, -0.25) is 0 Å². The van der Waals surface area contributed by atoms with Crippen molar-refractivity contribution in [1.29, 1.82) is 0 Å². The van der Waals surface area contributed by atoms with Crippen molar-refractivity contribution in [3.05, 3.63) is 27.1 Å². The third-order valence-corrected chi connectivity index (χ3v) is 11.6. The first kappa shape index (κ1) is 20.7. The van der Waals surface area contributed by atoms with Crippen LogP contribution in [0.3, 0.4) is 0 Å². The molecule has 1 aromatic carbocycles. The first-order valence-corrected chi connectivity index (χ1v) is 14.5. The van der Waals surface area contributed by atoms with Gasteiger partial charge in [-0.1, -0.05) is 15.9 Å². The van der Waals surface area contributed by atoms with Gasteiger partial charge in [-0.25, -0.2) is 25.3 Å². The average molecular weight is 551 g/mol. The van der Waals surface area contributed by atoms with Crippen molar-refractivity contribution in [2.24, 2.45) is 0 Å². The predicted octanol–water partition coefficient (Wildman–Crippen LogP) is 1.58. The maximum absolute atomic E-state index is 13.4. The molecule has 0 aromatic heterocycles. The molecule has 12 heteroatoms. The molecule has 0 unspecified atom stereocenters. The zero-order valence-electron chi connectivity index (χ0n) is 13.5. The fourth-order valence-electron chi connectivity index (χ4n) is 3.43. The van der Waals surface area contributed by atoms with Crippen LogP contribution in [-0.4, -0.2) is 64.7 Å². The topological polar surface area (TPSA) is 106 Å². The quantitative estimate of drug-likeness (QED) is 0.563. The molecular formula is C14H17Br2NO6S3. The molecule has 2 saturated heterocycles. The first-order valence-electron chi connectivity index (χ1n) is 7.81. The summed E-state index contributed by atoms with van der Waals surface area (Å²) in [5, 5.41) is 0. The second-order valence-corrected chi connectivity index (χ2v) is 14.6. The monoisotopic (exact) mass is 549 g/mol. The highest BCUT2D eigenvalue weighted by atomic mass is 79.9. The summed E-state index contributed by atoms with van der Waals surface area (Å²) in [5.74, 6) is -0.756. The number of hydrogen-bond acceptors (Lipinski definition) is 6. The van der Waals surface area contributed by atoms with Crippen LogP contribution in [0.25, 0.3) is 0 Å². The van der Waals surface area contributed by atoms with Crippen LogP contribution in [0.15, 0.2) is 32.0 Å². The van der Waals surface area contributed by atoms with Gasteiger partial charge in [-0.15, -0.1) is 0 Å². The Kier molecular flexibility index (Phi) is 5.66. The molecule has 26 heavy (non-hydrogen) atoms. The molecule has 7 nitrogen and oxygen atoms in total. The Labute approximate surface area is 170 Å². The molecule has 1 aromatic rings. The maximum atomic E-state index is 13.4. The summed E-state index contributed by atoms with van der Waals surface area (Å²) in [6.07, 6.45) is 0.341. The van der Waals surface area contributed by atoms with E-state index >= 15 is 0 Å². The molecule has 3 rings (SSSR count). The van der Waals surface area contributed by atoms with Crippen molar-refractivity contribution < 1.29 is 25.3 Å². The standard InChI is InChI=1S/C14H17Br2NO6S3/c15-10-1-2-13(16)14(7-10)26(22,23)17(11-3-5-24(18,19)8-11)12-4-6-25(20,21)9-12/h1-2,7,11-12H,3-6,8-9H2/t11-,12-/m0/s1. The number of hydrogen-bond donors (Lipinski definition) is 0. The molecule has 2 fully saturated rings. The van der Waals surface area contributed by atoms with Crippen LogP contribution in [0.1, 0.15) is 12.8 Å². The minimum Gasteiger partial charge on any atom is -0.229 e. The Hall–Kier alpha value is -0.0100. The van der Waals surface area contributed by atoms with Gasteiger partial charge in [0.05, 0.1) is 27.9 Å². The van der Waals surface area contributed by atoms with E-state index in [0.29, 0.717) is 8.95 Å². The van der Waals surface area contributed by atoms with E-state index in [1.165, 1.54) is 6.07 Å². The molecule has 146 valence electrons. The molecule has 0 radical (unpaired) electrons. The van der Waals surface area contributed by atoms with Crippen LogP contribution in [0, 0.1) is 0 Å². The van der Waals surface area contributed by atoms with Crippen LogP contribution in [0.2, 0.25) is 0 Å². The number of nitrogens with zero attached hydrogens (tertiary/aromatic N) is 1. The smallest absolute Gasteiger partial charge is 0.229 e. The lowest BCUT2D eigenvalue weighted by Gasteiger charge is -2.32. The highest BCUT2D eigenvalue weighted by Crippen LogP contribution is 2.35. The minimum absolute atomic E-state index is 0.0135. The van der Waals surface area contributed by atoms with Crippen LogP contribution in [-0.2, 0) is 29.7 Å². The second-order valence-electron chi connectivity index (χ2n) is 6.52. The fourth-order valence-corrected chi connectivity index (χ4v) is 10.4. The fraction of sp³-hybridized carbons (Fsp3) is 0.571. The normalized spacial score (nSPS) is 27.8. The number of halogens is 2. The molecule has 0 amide bonds. The molecule has 0 saturated carbocycles. The molecule has 2 aliphatic rings. The van der Waals surface area contributed by atoms with Gasteiger partial charge in [-0.05, 0) is 47.0 Å². The Morgan fingerprint density at radius 1 is 0.923 bits per heavy atom. The molecule has 2 atom stereocenters. The highest BCUT2D eigenvalue weighted by molar-refractivity contribution is 9.11. The molecule has 2 heterocycles. The zero-order valence-corrected chi connectivity index (χ0v) is 19.1. The summed E-state index contributed by atoms with van der Waals surface area (Å²) in [6.45, 7) is 0. The van der Waals surface area contributed by atoms with Gasteiger partial charge in [0.2, 0.25) is 10.0 Å². The molecule has 2 aliphatic heterocycles. The van der Waals surface area contributed by atoms with Crippen LogP contribution < -0.4 is 0 Å². The second kappa shape index (κ2) is 7.11. The van der Waals surface area contributed by atoms with E-state index in [1.54, 1.807) is 12.1 Å². The number of rotatable bonds is 4. The van der Waals surface area contributed by atoms with Crippen LogP contribution in [0.5, 0.6) is 0 Å². The SMILES string of the molecule is O=S1(=O)CC[C@H](N([C@H]2CCS(=O)(=O)C2)S(=O)(=O)c2cc(Br)ccc2Br)C1. The molecular weight excluding hydrogens is 534 g/mol. The van der Waals surface area contributed by atoms with Crippen molar-refractivity contribution in [3.63, 3.8) is 0 Å². The highest BCUT2D eigenvalue weighted by Gasteiger charge is 2.46. The van der Waals surface area contributed by atoms with Gasteiger partial charge in [-0.2, -0.15) is 4.31 Å². The summed E-state index contributed by atoms with van der Waals surface area (Å²) in [7, 11) is -10.8. The van der Waals surface area contributed by atoms with Crippen molar-refractivity contribution in [1.82, 2.24) is 4.31 Å². The molecule has 0 aliphatic carbocycles. The van der Waals surface area contributed by atoms with E-state index in [4.69, 9.17) is 0 Å². The lowest BCUT2D eigenvalue weighted by atomic mass is 10.2. The Bertz CT molecular complexity index is 992. The van der Waals surface area contributed by atoms with E-state index in [1.807, 2.05) is 0 Å². The van der Waals surface area contributed by atoms with E-state index in [2.05, 4.69) is 31.9 Å². The number of benzene rings is 1. The third-order valence-electron chi connectivity index (χ3n) is 4.59.